The van der Waals surface area contributed by atoms with E-state index in [1.165, 1.54) is 0 Å². The topological polar surface area (TPSA) is 113 Å². The molecule has 1 aliphatic carbocycles. The molecule has 2 heterocycles. The van der Waals surface area contributed by atoms with Crippen LogP contribution in [-0.4, -0.2) is 58.6 Å². The summed E-state index contributed by atoms with van der Waals surface area (Å²) in [7, 11) is 0. The second-order valence-corrected chi connectivity index (χ2v) is 7.11. The average Bonchev–Trinajstić information content (AvgIpc) is 3.40. The highest BCUT2D eigenvalue weighted by molar-refractivity contribution is 5.92. The lowest BCUT2D eigenvalue weighted by Crippen LogP contribution is -2.36. The van der Waals surface area contributed by atoms with Crippen molar-refractivity contribution in [1.82, 2.24) is 20.8 Å². The van der Waals surface area contributed by atoms with Crippen LogP contribution in [-0.2, 0) is 4.79 Å². The maximum atomic E-state index is 12.1. The molecule has 1 saturated carbocycles. The van der Waals surface area contributed by atoms with Gasteiger partial charge in [0.1, 0.15) is 5.75 Å². The van der Waals surface area contributed by atoms with Crippen LogP contribution < -0.4 is 15.4 Å². The van der Waals surface area contributed by atoms with E-state index in [2.05, 4.69) is 20.8 Å². The van der Waals surface area contributed by atoms with Gasteiger partial charge in [-0.25, -0.2) is 4.79 Å². The minimum Gasteiger partial charge on any atom is -0.490 e. The van der Waals surface area contributed by atoms with Crippen molar-refractivity contribution in [3.8, 4) is 17.0 Å². The largest absolute Gasteiger partial charge is 0.490 e. The first kappa shape index (κ1) is 22.5. The normalized spacial score (nSPS) is 18.0. The summed E-state index contributed by atoms with van der Waals surface area (Å²) in [5.41, 5.74) is 2.05. The molecule has 2 aliphatic rings. The van der Waals surface area contributed by atoms with Gasteiger partial charge in [-0.1, -0.05) is 0 Å². The van der Waals surface area contributed by atoms with Gasteiger partial charge in [-0.15, -0.1) is 10.2 Å². The SMILES string of the molecule is O=C(NC1CCNC1)c1ccc(-c2ccc(OC3CC3)cc2)nn1.O=C(O)C(F)(F)F. The van der Waals surface area contributed by atoms with Crippen molar-refractivity contribution in [1.29, 1.82) is 0 Å². The van der Waals surface area contributed by atoms with E-state index in [0.29, 0.717) is 11.8 Å². The van der Waals surface area contributed by atoms with Gasteiger partial charge in [0.15, 0.2) is 5.69 Å². The Bertz CT molecular complexity index is 894. The number of aromatic nitrogens is 2. The number of halogens is 3. The summed E-state index contributed by atoms with van der Waals surface area (Å²) in [6.45, 7) is 1.75. The smallest absolute Gasteiger partial charge is 0.490 e. The summed E-state index contributed by atoms with van der Waals surface area (Å²) >= 11 is 0. The molecule has 1 atom stereocenters. The third-order valence-corrected chi connectivity index (χ3v) is 4.51. The van der Waals surface area contributed by atoms with Crippen LogP contribution in [0.25, 0.3) is 11.3 Å². The molecule has 1 aromatic heterocycles. The van der Waals surface area contributed by atoms with Crippen LogP contribution in [0.2, 0.25) is 0 Å². The first-order valence-corrected chi connectivity index (χ1v) is 9.65. The molecule has 31 heavy (non-hydrogen) atoms. The fraction of sp³-hybridized carbons (Fsp3) is 0.400. The summed E-state index contributed by atoms with van der Waals surface area (Å²) in [5, 5.41) is 21.6. The molecular weight excluding hydrogens is 417 g/mol. The maximum absolute atomic E-state index is 12.1. The highest BCUT2D eigenvalue weighted by atomic mass is 19.4. The number of nitrogens with one attached hydrogen (secondary N) is 2. The Hall–Kier alpha value is -3.21. The van der Waals surface area contributed by atoms with Crippen molar-refractivity contribution >= 4 is 11.9 Å². The number of hydrogen-bond donors (Lipinski definition) is 3. The molecule has 0 bridgehead atoms. The van der Waals surface area contributed by atoms with E-state index in [4.69, 9.17) is 14.6 Å². The maximum Gasteiger partial charge on any atom is 0.490 e. The molecule has 1 aromatic carbocycles. The molecule has 11 heteroatoms. The Morgan fingerprint density at radius 2 is 1.74 bits per heavy atom. The molecule has 1 aliphatic heterocycles. The summed E-state index contributed by atoms with van der Waals surface area (Å²) in [5.74, 6) is -2.04. The van der Waals surface area contributed by atoms with Crippen LogP contribution in [0, 0.1) is 0 Å². The molecule has 1 saturated heterocycles. The van der Waals surface area contributed by atoms with E-state index in [1.54, 1.807) is 6.07 Å². The zero-order valence-corrected chi connectivity index (χ0v) is 16.4. The molecule has 1 amide bonds. The fourth-order valence-corrected chi connectivity index (χ4v) is 2.73. The number of carbonyl (C=O) groups is 2. The van der Waals surface area contributed by atoms with Crippen LogP contribution in [0.4, 0.5) is 13.2 Å². The number of carboxylic acid groups (broad SMARTS) is 1. The number of hydrogen-bond acceptors (Lipinski definition) is 6. The van der Waals surface area contributed by atoms with Gasteiger partial charge in [-0.2, -0.15) is 13.2 Å². The number of nitrogens with zero attached hydrogens (tertiary/aromatic N) is 2. The molecule has 4 rings (SSSR count). The predicted octanol–water partition coefficient (Wildman–Crippen LogP) is 2.41. The minimum atomic E-state index is -5.08. The zero-order chi connectivity index (χ0) is 22.4. The molecule has 0 spiro atoms. The van der Waals surface area contributed by atoms with E-state index in [1.807, 2.05) is 30.3 Å². The lowest BCUT2D eigenvalue weighted by atomic mass is 10.1. The molecule has 166 valence electrons. The minimum absolute atomic E-state index is 0.170. The Balaban J connectivity index is 0.000000339. The Kier molecular flexibility index (Phi) is 7.06. The number of carboxylic acids is 1. The number of aliphatic carboxylic acids is 1. The van der Waals surface area contributed by atoms with Crippen molar-refractivity contribution in [2.75, 3.05) is 13.1 Å². The monoisotopic (exact) mass is 438 g/mol. The molecular formula is C20H21F3N4O4. The summed E-state index contributed by atoms with van der Waals surface area (Å²) in [6, 6.07) is 11.5. The lowest BCUT2D eigenvalue weighted by molar-refractivity contribution is -0.192. The first-order chi connectivity index (χ1) is 14.7. The zero-order valence-electron chi connectivity index (χ0n) is 16.4. The molecule has 0 radical (unpaired) electrons. The van der Waals surface area contributed by atoms with Crippen molar-refractivity contribution in [2.24, 2.45) is 0 Å². The van der Waals surface area contributed by atoms with Gasteiger partial charge in [-0.05, 0) is 62.2 Å². The Labute approximate surface area is 175 Å². The quantitative estimate of drug-likeness (QED) is 0.657. The van der Waals surface area contributed by atoms with Gasteiger partial charge < -0.3 is 20.5 Å². The lowest BCUT2D eigenvalue weighted by Gasteiger charge is -2.10. The predicted molar refractivity (Wildman–Crippen MR) is 104 cm³/mol. The summed E-state index contributed by atoms with van der Waals surface area (Å²) < 4.78 is 37.5. The number of amides is 1. The standard InChI is InChI=1S/C18H20N4O2.C2HF3O2/c23-18(20-13-9-10-19-11-13)17-8-7-16(21-22-17)12-1-3-14(4-2-12)24-15-5-6-15;3-2(4,5)1(6)7/h1-4,7-8,13,15,19H,5-6,9-11H2,(H,20,23);(H,6,7). The number of ether oxygens (including phenoxy) is 1. The fourth-order valence-electron chi connectivity index (χ4n) is 2.73. The van der Waals surface area contributed by atoms with Gasteiger partial charge in [0.2, 0.25) is 0 Å². The van der Waals surface area contributed by atoms with Gasteiger partial charge >= 0.3 is 12.1 Å². The number of carbonyl (C=O) groups excluding carboxylic acids is 1. The van der Waals surface area contributed by atoms with Crippen molar-refractivity contribution < 1.29 is 32.6 Å². The summed E-state index contributed by atoms with van der Waals surface area (Å²) in [6.07, 6.45) is -1.45. The van der Waals surface area contributed by atoms with E-state index < -0.39 is 12.1 Å². The molecule has 3 N–H and O–H groups in total. The Morgan fingerprint density at radius 3 is 2.23 bits per heavy atom. The second kappa shape index (κ2) is 9.73. The molecule has 8 nitrogen and oxygen atoms in total. The highest BCUT2D eigenvalue weighted by Crippen LogP contribution is 2.28. The van der Waals surface area contributed by atoms with Crippen LogP contribution >= 0.6 is 0 Å². The molecule has 2 aromatic rings. The van der Waals surface area contributed by atoms with Crippen molar-refractivity contribution in [3.63, 3.8) is 0 Å². The van der Waals surface area contributed by atoms with E-state index >= 15 is 0 Å². The van der Waals surface area contributed by atoms with E-state index in [0.717, 1.165) is 49.4 Å². The van der Waals surface area contributed by atoms with Crippen molar-refractivity contribution in [3.05, 3.63) is 42.1 Å². The first-order valence-electron chi connectivity index (χ1n) is 9.65. The van der Waals surface area contributed by atoms with E-state index in [-0.39, 0.29) is 11.9 Å². The Morgan fingerprint density at radius 1 is 1.06 bits per heavy atom. The van der Waals surface area contributed by atoms with Gasteiger partial charge in [0.05, 0.1) is 11.8 Å². The molecule has 2 fully saturated rings. The number of benzene rings is 1. The third kappa shape index (κ3) is 6.92. The molecule has 1 unspecified atom stereocenters. The van der Waals surface area contributed by atoms with Gasteiger partial charge in [0, 0.05) is 18.2 Å². The van der Waals surface area contributed by atoms with Crippen LogP contribution in [0.15, 0.2) is 36.4 Å². The van der Waals surface area contributed by atoms with Crippen LogP contribution in [0.5, 0.6) is 5.75 Å². The number of alkyl halides is 3. The second-order valence-electron chi connectivity index (χ2n) is 7.11. The third-order valence-electron chi connectivity index (χ3n) is 4.51. The van der Waals surface area contributed by atoms with Crippen LogP contribution in [0.3, 0.4) is 0 Å². The highest BCUT2D eigenvalue weighted by Gasteiger charge is 2.38. The van der Waals surface area contributed by atoms with Gasteiger partial charge in [-0.3, -0.25) is 4.79 Å². The van der Waals surface area contributed by atoms with Crippen molar-refractivity contribution in [2.45, 2.75) is 37.6 Å². The summed E-state index contributed by atoms with van der Waals surface area (Å²) in [4.78, 5) is 21.0. The van der Waals surface area contributed by atoms with Crippen LogP contribution in [0.1, 0.15) is 29.8 Å². The number of rotatable bonds is 5. The van der Waals surface area contributed by atoms with E-state index in [9.17, 15) is 18.0 Å². The van der Waals surface area contributed by atoms with Gasteiger partial charge in [0.25, 0.3) is 5.91 Å². The average molecular weight is 438 g/mol.